The lowest BCUT2D eigenvalue weighted by molar-refractivity contribution is -0.116. The molecule has 1 amide bonds. The second-order valence-electron chi connectivity index (χ2n) is 4.30. The van der Waals surface area contributed by atoms with E-state index in [1.165, 1.54) is 25.3 Å². The van der Waals surface area contributed by atoms with Crippen LogP contribution in [0.15, 0.2) is 34.0 Å². The van der Waals surface area contributed by atoms with E-state index in [9.17, 15) is 23.9 Å². The molecule has 0 radical (unpaired) electrons. The van der Waals surface area contributed by atoms with Crippen molar-refractivity contribution in [1.82, 2.24) is 9.55 Å². The number of methoxy groups -OCH3 is 1. The monoisotopic (exact) mass is 309 g/mol. The third-order valence-electron chi connectivity index (χ3n) is 2.74. The van der Waals surface area contributed by atoms with Gasteiger partial charge in [0, 0.05) is 11.8 Å². The van der Waals surface area contributed by atoms with Gasteiger partial charge in [0.1, 0.15) is 6.54 Å². The molecule has 1 aromatic carbocycles. The molecule has 1 aromatic heterocycles. The quantitative estimate of drug-likeness (QED) is 0.737. The van der Waals surface area contributed by atoms with Crippen LogP contribution >= 0.6 is 0 Å². The van der Waals surface area contributed by atoms with Gasteiger partial charge in [0.2, 0.25) is 11.7 Å². The minimum atomic E-state index is -1.17. The van der Waals surface area contributed by atoms with Crippen molar-refractivity contribution in [3.05, 3.63) is 51.1 Å². The Morgan fingerprint density at radius 1 is 1.45 bits per heavy atom. The first kappa shape index (κ1) is 15.3. The van der Waals surface area contributed by atoms with E-state index < -0.39 is 29.5 Å². The van der Waals surface area contributed by atoms with Crippen LogP contribution in [0.4, 0.5) is 10.1 Å². The largest absolute Gasteiger partial charge is 0.504 e. The van der Waals surface area contributed by atoms with E-state index in [2.05, 4.69) is 5.32 Å². The molecule has 3 N–H and O–H groups in total. The maximum atomic E-state index is 13.1. The summed E-state index contributed by atoms with van der Waals surface area (Å²) in [4.78, 5) is 35.8. The maximum absolute atomic E-state index is 13.1. The molecule has 0 aliphatic heterocycles. The summed E-state index contributed by atoms with van der Waals surface area (Å²) in [6, 6.07) is 4.18. The number of carbonyl (C=O) groups excluding carboxylic acids is 1. The summed E-state index contributed by atoms with van der Waals surface area (Å²) >= 11 is 0. The highest BCUT2D eigenvalue weighted by Gasteiger charge is 2.10. The van der Waals surface area contributed by atoms with Crippen molar-refractivity contribution in [3.8, 4) is 11.5 Å². The molecule has 22 heavy (non-hydrogen) atoms. The number of phenols is 1. The lowest BCUT2D eigenvalue weighted by Crippen LogP contribution is -2.34. The number of H-pyrrole nitrogens is 1. The zero-order valence-corrected chi connectivity index (χ0v) is 11.4. The van der Waals surface area contributed by atoms with Crippen molar-refractivity contribution >= 4 is 11.6 Å². The van der Waals surface area contributed by atoms with Gasteiger partial charge in [-0.15, -0.1) is 0 Å². The molecule has 0 fully saturated rings. The minimum Gasteiger partial charge on any atom is -0.504 e. The number of amides is 1. The van der Waals surface area contributed by atoms with Crippen LogP contribution in [0, 0.1) is 5.82 Å². The summed E-state index contributed by atoms with van der Waals surface area (Å²) in [5, 5.41) is 12.0. The van der Waals surface area contributed by atoms with Crippen molar-refractivity contribution in [2.45, 2.75) is 6.54 Å². The Morgan fingerprint density at radius 2 is 2.18 bits per heavy atom. The normalized spacial score (nSPS) is 10.3. The number of hydrogen-bond acceptors (Lipinski definition) is 5. The molecule has 0 saturated carbocycles. The molecule has 0 aliphatic rings. The van der Waals surface area contributed by atoms with E-state index in [1.54, 1.807) is 4.98 Å². The Balaban J connectivity index is 2.14. The van der Waals surface area contributed by atoms with Crippen molar-refractivity contribution in [2.75, 3.05) is 12.4 Å². The zero-order valence-electron chi connectivity index (χ0n) is 11.4. The Labute approximate surface area is 122 Å². The highest BCUT2D eigenvalue weighted by molar-refractivity contribution is 5.90. The number of phenolic OH excluding ortho intramolecular Hbond substituents is 1. The molecule has 116 valence electrons. The zero-order chi connectivity index (χ0) is 16.3. The molecule has 8 nitrogen and oxygen atoms in total. The lowest BCUT2D eigenvalue weighted by Gasteiger charge is -2.09. The Morgan fingerprint density at radius 3 is 2.82 bits per heavy atom. The van der Waals surface area contributed by atoms with E-state index >= 15 is 0 Å². The summed E-state index contributed by atoms with van der Waals surface area (Å²) in [6.45, 7) is -0.501. The van der Waals surface area contributed by atoms with Gasteiger partial charge in [-0.25, -0.2) is 4.79 Å². The summed E-state index contributed by atoms with van der Waals surface area (Å²) in [6.07, 6.45) is 0.645. The molecule has 9 heteroatoms. The molecule has 2 aromatic rings. The van der Waals surface area contributed by atoms with Gasteiger partial charge < -0.3 is 15.2 Å². The summed E-state index contributed by atoms with van der Waals surface area (Å²) in [7, 11) is 1.38. The lowest BCUT2D eigenvalue weighted by atomic mass is 10.2. The van der Waals surface area contributed by atoms with E-state index in [0.717, 1.165) is 4.57 Å². The Bertz CT molecular complexity index is 827. The van der Waals surface area contributed by atoms with Crippen molar-refractivity contribution in [2.24, 2.45) is 0 Å². The number of anilines is 1. The van der Waals surface area contributed by atoms with E-state index in [-0.39, 0.29) is 17.2 Å². The minimum absolute atomic E-state index is 0.174. The summed E-state index contributed by atoms with van der Waals surface area (Å²) in [5.74, 6) is -1.75. The van der Waals surface area contributed by atoms with Gasteiger partial charge in [0.15, 0.2) is 11.5 Å². The van der Waals surface area contributed by atoms with Gasteiger partial charge in [-0.05, 0) is 12.1 Å². The van der Waals surface area contributed by atoms with Gasteiger partial charge in [-0.1, -0.05) is 0 Å². The smallest absolute Gasteiger partial charge is 0.328 e. The molecule has 0 saturated heterocycles. The molecule has 0 spiro atoms. The standard InChI is InChI=1S/C13H12FN3O5/c1-22-10-3-2-7(4-9(10)18)15-11(19)6-17-5-8(14)12(20)16-13(17)21/h2-5,18H,6H2,1H3,(H,15,19)(H,16,20,21). The average Bonchev–Trinajstić information content (AvgIpc) is 2.45. The van der Waals surface area contributed by atoms with Crippen LogP contribution < -0.4 is 21.3 Å². The van der Waals surface area contributed by atoms with Crippen LogP contribution in [0.2, 0.25) is 0 Å². The Hall–Kier alpha value is -3.10. The fraction of sp³-hybridized carbons (Fsp3) is 0.154. The number of nitrogens with zero attached hydrogens (tertiary/aromatic N) is 1. The number of carbonyl (C=O) groups is 1. The number of ether oxygens (including phenoxy) is 1. The molecule has 0 aliphatic carbocycles. The van der Waals surface area contributed by atoms with E-state index in [4.69, 9.17) is 4.74 Å². The molecule has 0 bridgehead atoms. The number of rotatable bonds is 4. The van der Waals surface area contributed by atoms with Gasteiger partial charge in [-0.2, -0.15) is 4.39 Å². The second kappa shape index (κ2) is 6.12. The van der Waals surface area contributed by atoms with Gasteiger partial charge in [0.25, 0.3) is 5.56 Å². The van der Waals surface area contributed by atoms with Crippen LogP contribution in [-0.4, -0.2) is 27.7 Å². The predicted molar refractivity (Wildman–Crippen MR) is 74.6 cm³/mol. The second-order valence-corrected chi connectivity index (χ2v) is 4.30. The molecular formula is C13H12FN3O5. The van der Waals surface area contributed by atoms with Crippen LogP contribution in [0.1, 0.15) is 0 Å². The number of benzene rings is 1. The van der Waals surface area contributed by atoms with Crippen LogP contribution in [0.5, 0.6) is 11.5 Å². The number of aromatic amines is 1. The number of aromatic hydroxyl groups is 1. The number of hydrogen-bond donors (Lipinski definition) is 3. The number of nitrogens with one attached hydrogen (secondary N) is 2. The Kier molecular flexibility index (Phi) is 4.25. The van der Waals surface area contributed by atoms with Crippen molar-refractivity contribution < 1.29 is 19.0 Å². The van der Waals surface area contributed by atoms with Crippen LogP contribution in [0.25, 0.3) is 0 Å². The molecule has 1 heterocycles. The van der Waals surface area contributed by atoms with Crippen LogP contribution in [-0.2, 0) is 11.3 Å². The average molecular weight is 309 g/mol. The fourth-order valence-electron chi connectivity index (χ4n) is 1.72. The first-order valence-electron chi connectivity index (χ1n) is 6.07. The van der Waals surface area contributed by atoms with E-state index in [1.807, 2.05) is 0 Å². The summed E-state index contributed by atoms with van der Waals surface area (Å²) in [5.41, 5.74) is -1.79. The molecule has 0 unspecified atom stereocenters. The highest BCUT2D eigenvalue weighted by atomic mass is 19.1. The highest BCUT2D eigenvalue weighted by Crippen LogP contribution is 2.28. The van der Waals surface area contributed by atoms with Gasteiger partial charge in [-0.3, -0.25) is 19.1 Å². The topological polar surface area (TPSA) is 113 Å². The third-order valence-corrected chi connectivity index (χ3v) is 2.74. The molecule has 2 rings (SSSR count). The molecule has 0 atom stereocenters. The van der Waals surface area contributed by atoms with Crippen LogP contribution in [0.3, 0.4) is 0 Å². The molecular weight excluding hydrogens is 297 g/mol. The maximum Gasteiger partial charge on any atom is 0.328 e. The van der Waals surface area contributed by atoms with Gasteiger partial charge in [0.05, 0.1) is 13.3 Å². The van der Waals surface area contributed by atoms with Gasteiger partial charge >= 0.3 is 5.69 Å². The first-order valence-corrected chi connectivity index (χ1v) is 6.07. The summed E-state index contributed by atoms with van der Waals surface area (Å²) < 4.78 is 18.7. The predicted octanol–water partition coefficient (Wildman–Crippen LogP) is 0.0286. The number of halogens is 1. The van der Waals surface area contributed by atoms with Crippen molar-refractivity contribution in [1.29, 1.82) is 0 Å². The SMILES string of the molecule is COc1ccc(NC(=O)Cn2cc(F)c(=O)[nH]c2=O)cc1O. The fourth-order valence-corrected chi connectivity index (χ4v) is 1.72. The third kappa shape index (κ3) is 3.32. The number of aromatic nitrogens is 2. The van der Waals surface area contributed by atoms with E-state index in [0.29, 0.717) is 6.20 Å². The van der Waals surface area contributed by atoms with Crippen molar-refractivity contribution in [3.63, 3.8) is 0 Å². The first-order chi connectivity index (χ1) is 10.4.